The smallest absolute Gasteiger partial charge is 0.0417 e. The van der Waals surface area contributed by atoms with Crippen molar-refractivity contribution in [3.8, 4) is 0 Å². The third-order valence-corrected chi connectivity index (χ3v) is 3.69. The highest BCUT2D eigenvalue weighted by molar-refractivity contribution is 7.99. The highest BCUT2D eigenvalue weighted by Gasteiger charge is 1.99. The van der Waals surface area contributed by atoms with Gasteiger partial charge in [-0.1, -0.05) is 41.6 Å². The Labute approximate surface area is 130 Å². The maximum atomic E-state index is 5.97. The van der Waals surface area contributed by atoms with Gasteiger partial charge in [0.05, 0.1) is 0 Å². The maximum absolute atomic E-state index is 5.97. The Kier molecular flexibility index (Phi) is 6.73. The van der Waals surface area contributed by atoms with Crippen LogP contribution in [0.5, 0.6) is 0 Å². The molecule has 0 fully saturated rings. The second kappa shape index (κ2) is 7.81. The van der Waals surface area contributed by atoms with Gasteiger partial charge >= 0.3 is 0 Å². The molecular weight excluding hydrogens is 297 g/mol. The van der Waals surface area contributed by atoms with Crippen molar-refractivity contribution in [2.45, 2.75) is 16.3 Å². The summed E-state index contributed by atoms with van der Waals surface area (Å²) in [6.45, 7) is 0.974. The van der Waals surface area contributed by atoms with Crippen molar-refractivity contribution >= 4 is 35.8 Å². The summed E-state index contributed by atoms with van der Waals surface area (Å²) in [5.41, 5.74) is 1.33. The molecule has 0 spiro atoms. The molecule has 0 amide bonds. The zero-order chi connectivity index (χ0) is 13.0. The minimum Gasteiger partial charge on any atom is -0.305 e. The van der Waals surface area contributed by atoms with Crippen LogP contribution in [0, 0.1) is 0 Å². The van der Waals surface area contributed by atoms with E-state index in [1.165, 1.54) is 15.4 Å². The van der Waals surface area contributed by atoms with Crippen molar-refractivity contribution in [2.24, 2.45) is 0 Å². The molecular formula is C15H17Cl2NS. The lowest BCUT2D eigenvalue weighted by Crippen LogP contribution is -2.10. The molecule has 0 saturated carbocycles. The molecule has 0 radical (unpaired) electrons. The summed E-state index contributed by atoms with van der Waals surface area (Å²) < 4.78 is 0. The lowest BCUT2D eigenvalue weighted by Gasteiger charge is -2.10. The Morgan fingerprint density at radius 1 is 1.00 bits per heavy atom. The van der Waals surface area contributed by atoms with Crippen LogP contribution in [0.25, 0.3) is 0 Å². The Balaban J connectivity index is 0.00000180. The molecule has 19 heavy (non-hydrogen) atoms. The molecule has 0 unspecified atom stereocenters. The van der Waals surface area contributed by atoms with Crippen LogP contribution in [-0.4, -0.2) is 19.0 Å². The van der Waals surface area contributed by atoms with Gasteiger partial charge in [-0.15, -0.1) is 12.4 Å². The van der Waals surface area contributed by atoms with Gasteiger partial charge in [0.1, 0.15) is 0 Å². The molecule has 0 saturated heterocycles. The molecule has 0 atom stereocenters. The van der Waals surface area contributed by atoms with Gasteiger partial charge in [0.25, 0.3) is 0 Å². The van der Waals surface area contributed by atoms with Gasteiger partial charge in [0.15, 0.2) is 0 Å². The van der Waals surface area contributed by atoms with Crippen molar-refractivity contribution in [2.75, 3.05) is 14.1 Å². The summed E-state index contributed by atoms with van der Waals surface area (Å²) in [6.07, 6.45) is 0. The van der Waals surface area contributed by atoms with E-state index in [4.69, 9.17) is 11.6 Å². The Hall–Kier alpha value is -0.670. The minimum atomic E-state index is 0. The van der Waals surface area contributed by atoms with Crippen molar-refractivity contribution in [1.82, 2.24) is 4.90 Å². The van der Waals surface area contributed by atoms with Crippen LogP contribution in [0.15, 0.2) is 58.3 Å². The summed E-state index contributed by atoms with van der Waals surface area (Å²) in [5, 5.41) is 0.782. The highest BCUT2D eigenvalue weighted by Crippen LogP contribution is 2.29. The molecule has 102 valence electrons. The fourth-order valence-corrected chi connectivity index (χ4v) is 2.83. The topological polar surface area (TPSA) is 3.24 Å². The van der Waals surface area contributed by atoms with Crippen LogP contribution in [0.3, 0.4) is 0 Å². The standard InChI is InChI=1S/C15H16ClNS.ClH/c1-17(2)11-12-6-8-14(9-7-12)18-15-5-3-4-13(16)10-15;/h3-10H,11H2,1-2H3;1H. The summed E-state index contributed by atoms with van der Waals surface area (Å²) in [7, 11) is 4.16. The quantitative estimate of drug-likeness (QED) is 0.783. The average molecular weight is 314 g/mol. The predicted octanol–water partition coefficient (Wildman–Crippen LogP) is 4.97. The van der Waals surface area contributed by atoms with Gasteiger partial charge in [0, 0.05) is 21.4 Å². The van der Waals surface area contributed by atoms with Gasteiger partial charge in [0.2, 0.25) is 0 Å². The zero-order valence-corrected chi connectivity index (χ0v) is 13.4. The number of hydrogen-bond donors (Lipinski definition) is 0. The summed E-state index contributed by atoms with van der Waals surface area (Å²) in [5.74, 6) is 0. The fourth-order valence-electron chi connectivity index (χ4n) is 1.69. The summed E-state index contributed by atoms with van der Waals surface area (Å²) in [4.78, 5) is 4.57. The van der Waals surface area contributed by atoms with Gasteiger partial charge < -0.3 is 4.90 Å². The molecule has 1 nitrogen and oxygen atoms in total. The molecule has 2 aromatic rings. The van der Waals surface area contributed by atoms with Crippen LogP contribution >= 0.6 is 35.8 Å². The molecule has 0 aromatic heterocycles. The predicted molar refractivity (Wildman–Crippen MR) is 86.7 cm³/mol. The second-order valence-corrected chi connectivity index (χ2v) is 6.02. The molecule has 0 aliphatic carbocycles. The van der Waals surface area contributed by atoms with Crippen LogP contribution in [-0.2, 0) is 6.54 Å². The molecule has 2 rings (SSSR count). The number of rotatable bonds is 4. The maximum Gasteiger partial charge on any atom is 0.0417 e. The first-order valence-electron chi connectivity index (χ1n) is 5.80. The Bertz CT molecular complexity index is 512. The molecule has 0 heterocycles. The zero-order valence-electron chi connectivity index (χ0n) is 11.0. The highest BCUT2D eigenvalue weighted by atomic mass is 35.5. The van der Waals surface area contributed by atoms with Crippen molar-refractivity contribution < 1.29 is 0 Å². The lowest BCUT2D eigenvalue weighted by molar-refractivity contribution is 0.402. The van der Waals surface area contributed by atoms with Crippen LogP contribution in [0.4, 0.5) is 0 Å². The van der Waals surface area contributed by atoms with Crippen LogP contribution < -0.4 is 0 Å². The first-order valence-corrected chi connectivity index (χ1v) is 7.00. The SMILES string of the molecule is CN(C)Cc1ccc(Sc2cccc(Cl)c2)cc1.Cl. The van der Waals surface area contributed by atoms with Crippen LogP contribution in [0.1, 0.15) is 5.56 Å². The third-order valence-electron chi connectivity index (χ3n) is 2.45. The second-order valence-electron chi connectivity index (χ2n) is 4.44. The van der Waals surface area contributed by atoms with Gasteiger partial charge in [-0.25, -0.2) is 0 Å². The fraction of sp³-hybridized carbons (Fsp3) is 0.200. The first kappa shape index (κ1) is 16.4. The van der Waals surface area contributed by atoms with E-state index in [0.29, 0.717) is 0 Å². The van der Waals surface area contributed by atoms with Gasteiger partial charge in [-0.3, -0.25) is 0 Å². The molecule has 0 N–H and O–H groups in total. The van der Waals surface area contributed by atoms with E-state index in [2.05, 4.69) is 49.3 Å². The van der Waals surface area contributed by atoms with E-state index in [0.717, 1.165) is 11.6 Å². The summed E-state index contributed by atoms with van der Waals surface area (Å²) in [6, 6.07) is 16.6. The molecule has 0 aliphatic rings. The van der Waals surface area contributed by atoms with E-state index >= 15 is 0 Å². The number of halogens is 2. The van der Waals surface area contributed by atoms with E-state index < -0.39 is 0 Å². The largest absolute Gasteiger partial charge is 0.305 e. The number of benzene rings is 2. The molecule has 4 heteroatoms. The van der Waals surface area contributed by atoms with E-state index in [1.54, 1.807) is 11.8 Å². The number of nitrogens with zero attached hydrogens (tertiary/aromatic N) is 1. The first-order chi connectivity index (χ1) is 8.63. The number of hydrogen-bond acceptors (Lipinski definition) is 2. The van der Waals surface area contributed by atoms with Gasteiger partial charge in [-0.05, 0) is 50.0 Å². The average Bonchev–Trinajstić information content (AvgIpc) is 2.31. The van der Waals surface area contributed by atoms with Crippen molar-refractivity contribution in [3.05, 3.63) is 59.1 Å². The van der Waals surface area contributed by atoms with Gasteiger partial charge in [-0.2, -0.15) is 0 Å². The van der Waals surface area contributed by atoms with E-state index in [9.17, 15) is 0 Å². The van der Waals surface area contributed by atoms with E-state index in [1.807, 2.05) is 18.2 Å². The van der Waals surface area contributed by atoms with Crippen LogP contribution in [0.2, 0.25) is 5.02 Å². The molecule has 0 aliphatic heterocycles. The summed E-state index contributed by atoms with van der Waals surface area (Å²) >= 11 is 7.71. The third kappa shape index (κ3) is 5.45. The lowest BCUT2D eigenvalue weighted by atomic mass is 10.2. The van der Waals surface area contributed by atoms with Crippen molar-refractivity contribution in [3.63, 3.8) is 0 Å². The van der Waals surface area contributed by atoms with Crippen molar-refractivity contribution in [1.29, 1.82) is 0 Å². The Morgan fingerprint density at radius 3 is 2.26 bits per heavy atom. The Morgan fingerprint density at radius 2 is 1.68 bits per heavy atom. The minimum absolute atomic E-state index is 0. The molecule has 0 bridgehead atoms. The van der Waals surface area contributed by atoms with E-state index in [-0.39, 0.29) is 12.4 Å². The molecule has 2 aromatic carbocycles. The monoisotopic (exact) mass is 313 g/mol. The normalized spacial score (nSPS) is 10.3.